The number of aliphatic hydroxyl groups excluding tert-OH is 2. The van der Waals surface area contributed by atoms with Gasteiger partial charge in [0, 0.05) is 6.04 Å². The van der Waals surface area contributed by atoms with Crippen molar-refractivity contribution in [2.75, 3.05) is 0 Å². The largest absolute Gasteiger partial charge is 0.389 e. The molecule has 0 bridgehead atoms. The summed E-state index contributed by atoms with van der Waals surface area (Å²) in [7, 11) is 0. The standard InChI is InChI=1S/C7H11NO2/c1-3-5-7(10)6(9)4(2)8-5/h1,4-10H,2H3/t4-,5-,6+,7-/m0/s1. The number of hydrogen-bond donors (Lipinski definition) is 3. The molecule has 3 nitrogen and oxygen atoms in total. The first-order valence-electron chi connectivity index (χ1n) is 3.25. The van der Waals surface area contributed by atoms with Crippen LogP contribution in [0.25, 0.3) is 0 Å². The molecule has 56 valence electrons. The minimum absolute atomic E-state index is 0.115. The van der Waals surface area contributed by atoms with Crippen LogP contribution in [-0.2, 0) is 0 Å². The number of rotatable bonds is 0. The van der Waals surface area contributed by atoms with Crippen LogP contribution >= 0.6 is 0 Å². The Bertz CT molecular complexity index is 163. The quantitative estimate of drug-likeness (QED) is 0.368. The van der Waals surface area contributed by atoms with E-state index >= 15 is 0 Å². The van der Waals surface area contributed by atoms with Gasteiger partial charge in [0.1, 0.15) is 6.10 Å². The molecule has 3 N–H and O–H groups in total. The van der Waals surface area contributed by atoms with Crippen molar-refractivity contribution >= 4 is 0 Å². The van der Waals surface area contributed by atoms with Crippen molar-refractivity contribution in [1.29, 1.82) is 0 Å². The summed E-state index contributed by atoms with van der Waals surface area (Å²) in [6.45, 7) is 1.78. The molecule has 1 saturated heterocycles. The van der Waals surface area contributed by atoms with E-state index in [1.54, 1.807) is 6.92 Å². The topological polar surface area (TPSA) is 52.5 Å². The van der Waals surface area contributed by atoms with Crippen molar-refractivity contribution in [3.63, 3.8) is 0 Å². The molecule has 3 heteroatoms. The van der Waals surface area contributed by atoms with E-state index in [1.165, 1.54) is 0 Å². The van der Waals surface area contributed by atoms with Gasteiger partial charge in [-0.2, -0.15) is 0 Å². The van der Waals surface area contributed by atoms with Crippen molar-refractivity contribution < 1.29 is 10.2 Å². The average Bonchev–Trinajstić information content (AvgIpc) is 2.17. The molecule has 0 aliphatic carbocycles. The van der Waals surface area contributed by atoms with E-state index in [0.29, 0.717) is 0 Å². The van der Waals surface area contributed by atoms with Gasteiger partial charge in [-0.15, -0.1) is 6.42 Å². The lowest BCUT2D eigenvalue weighted by Crippen LogP contribution is -2.31. The lowest BCUT2D eigenvalue weighted by Gasteiger charge is -2.09. The van der Waals surface area contributed by atoms with Crippen molar-refractivity contribution in [1.82, 2.24) is 5.32 Å². The van der Waals surface area contributed by atoms with Crippen LogP contribution in [0.5, 0.6) is 0 Å². The zero-order valence-corrected chi connectivity index (χ0v) is 5.78. The molecule has 0 spiro atoms. The summed E-state index contributed by atoms with van der Waals surface area (Å²) in [6.07, 6.45) is 3.51. The normalized spacial score (nSPS) is 47.0. The van der Waals surface area contributed by atoms with Crippen molar-refractivity contribution in [2.45, 2.75) is 31.2 Å². The Labute approximate surface area is 60.1 Å². The molecule has 0 unspecified atom stereocenters. The van der Waals surface area contributed by atoms with E-state index in [-0.39, 0.29) is 6.04 Å². The summed E-state index contributed by atoms with van der Waals surface area (Å²) in [6, 6.07) is -0.513. The van der Waals surface area contributed by atoms with Crippen molar-refractivity contribution in [3.05, 3.63) is 0 Å². The van der Waals surface area contributed by atoms with E-state index in [1.807, 2.05) is 0 Å². The molecule has 1 heterocycles. The fraction of sp³-hybridized carbons (Fsp3) is 0.714. The van der Waals surface area contributed by atoms with Gasteiger partial charge in [-0.25, -0.2) is 0 Å². The summed E-state index contributed by atoms with van der Waals surface area (Å²) in [5, 5.41) is 21.2. The molecule has 0 radical (unpaired) electrons. The predicted octanol–water partition coefficient (Wildman–Crippen LogP) is -1.30. The fourth-order valence-electron chi connectivity index (χ4n) is 1.12. The van der Waals surface area contributed by atoms with Gasteiger partial charge >= 0.3 is 0 Å². The highest BCUT2D eigenvalue weighted by Gasteiger charge is 2.37. The van der Waals surface area contributed by atoms with Gasteiger partial charge in [-0.3, -0.25) is 5.32 Å². The van der Waals surface area contributed by atoms with Crippen LogP contribution in [0.1, 0.15) is 6.92 Å². The van der Waals surface area contributed by atoms with Gasteiger partial charge in [0.2, 0.25) is 0 Å². The Morgan fingerprint density at radius 1 is 1.40 bits per heavy atom. The molecule has 0 amide bonds. The molecule has 4 atom stereocenters. The number of aliphatic hydroxyl groups is 2. The molecular formula is C7H11NO2. The average molecular weight is 141 g/mol. The van der Waals surface area contributed by atoms with Crippen molar-refractivity contribution in [2.24, 2.45) is 0 Å². The lowest BCUT2D eigenvalue weighted by molar-refractivity contribution is 0.0369. The number of terminal acetylenes is 1. The van der Waals surface area contributed by atoms with Crippen LogP contribution in [0.3, 0.4) is 0 Å². The van der Waals surface area contributed by atoms with Crippen LogP contribution in [0.2, 0.25) is 0 Å². The second-order valence-electron chi connectivity index (χ2n) is 2.58. The Morgan fingerprint density at radius 3 is 2.20 bits per heavy atom. The smallest absolute Gasteiger partial charge is 0.108 e. The molecule has 1 fully saturated rings. The monoisotopic (exact) mass is 141 g/mol. The summed E-state index contributed by atoms with van der Waals surface area (Å²) < 4.78 is 0. The highest BCUT2D eigenvalue weighted by molar-refractivity contribution is 5.11. The summed E-state index contributed by atoms with van der Waals surface area (Å²) in [5.41, 5.74) is 0. The molecule has 0 aromatic rings. The van der Waals surface area contributed by atoms with Gasteiger partial charge < -0.3 is 10.2 Å². The van der Waals surface area contributed by atoms with Crippen LogP contribution < -0.4 is 5.32 Å². The highest BCUT2D eigenvalue weighted by Crippen LogP contribution is 2.12. The number of nitrogens with one attached hydrogen (secondary N) is 1. The Morgan fingerprint density at radius 2 is 2.00 bits per heavy atom. The molecule has 0 aromatic heterocycles. The first kappa shape index (κ1) is 7.55. The zero-order valence-electron chi connectivity index (χ0n) is 5.78. The number of hydrogen-bond acceptors (Lipinski definition) is 3. The maximum atomic E-state index is 9.17. The van der Waals surface area contributed by atoms with Gasteiger partial charge in [0.05, 0.1) is 12.1 Å². The second kappa shape index (κ2) is 2.59. The van der Waals surface area contributed by atoms with E-state index in [4.69, 9.17) is 11.5 Å². The minimum Gasteiger partial charge on any atom is -0.389 e. The molecule has 10 heavy (non-hydrogen) atoms. The predicted molar refractivity (Wildman–Crippen MR) is 37.2 cm³/mol. The molecule has 0 saturated carbocycles. The lowest BCUT2D eigenvalue weighted by atomic mass is 10.1. The van der Waals surface area contributed by atoms with E-state index < -0.39 is 18.2 Å². The second-order valence-corrected chi connectivity index (χ2v) is 2.58. The maximum Gasteiger partial charge on any atom is 0.108 e. The third-order valence-electron chi connectivity index (χ3n) is 1.83. The van der Waals surface area contributed by atoms with Gasteiger partial charge in [0.25, 0.3) is 0 Å². The molecule has 1 aliphatic heterocycles. The third-order valence-corrected chi connectivity index (χ3v) is 1.83. The van der Waals surface area contributed by atoms with Crippen LogP contribution in [-0.4, -0.2) is 34.5 Å². The summed E-state index contributed by atoms with van der Waals surface area (Å²) in [4.78, 5) is 0. The minimum atomic E-state index is -0.819. The van der Waals surface area contributed by atoms with E-state index in [9.17, 15) is 5.11 Å². The molecule has 1 aliphatic rings. The van der Waals surface area contributed by atoms with Crippen LogP contribution in [0.4, 0.5) is 0 Å². The molecular weight excluding hydrogens is 130 g/mol. The highest BCUT2D eigenvalue weighted by atomic mass is 16.3. The SMILES string of the molecule is C#C[C@@H]1N[C@@H](C)[C@@H](O)[C@H]1O. The maximum absolute atomic E-state index is 9.17. The molecule has 1 rings (SSSR count). The van der Waals surface area contributed by atoms with E-state index in [2.05, 4.69) is 11.2 Å². The molecule has 0 aromatic carbocycles. The third kappa shape index (κ3) is 1.01. The first-order chi connectivity index (χ1) is 4.66. The Hall–Kier alpha value is -0.560. The summed E-state index contributed by atoms with van der Waals surface area (Å²) >= 11 is 0. The van der Waals surface area contributed by atoms with Crippen LogP contribution in [0.15, 0.2) is 0 Å². The Balaban J connectivity index is 2.64. The van der Waals surface area contributed by atoms with Crippen molar-refractivity contribution in [3.8, 4) is 12.3 Å². The van der Waals surface area contributed by atoms with Gasteiger partial charge in [-0.05, 0) is 6.92 Å². The van der Waals surface area contributed by atoms with E-state index in [0.717, 1.165) is 0 Å². The van der Waals surface area contributed by atoms with Gasteiger partial charge in [0.15, 0.2) is 0 Å². The van der Waals surface area contributed by atoms with Crippen LogP contribution in [0, 0.1) is 12.3 Å². The summed E-state index contributed by atoms with van der Waals surface area (Å²) in [5.74, 6) is 2.35. The zero-order chi connectivity index (χ0) is 7.72. The van der Waals surface area contributed by atoms with Gasteiger partial charge in [-0.1, -0.05) is 5.92 Å². The fourth-order valence-corrected chi connectivity index (χ4v) is 1.12. The Kier molecular flexibility index (Phi) is 1.95. The first-order valence-corrected chi connectivity index (χ1v) is 3.25.